The second kappa shape index (κ2) is 7.05. The minimum absolute atomic E-state index is 0.00795. The zero-order valence-electron chi connectivity index (χ0n) is 18.2. The summed E-state index contributed by atoms with van der Waals surface area (Å²) in [6, 6.07) is 0. The average Bonchev–Trinajstić information content (AvgIpc) is 2.94. The highest BCUT2D eigenvalue weighted by Crippen LogP contribution is 2.60. The van der Waals surface area contributed by atoms with Crippen molar-refractivity contribution in [1.29, 1.82) is 0 Å². The predicted octanol–water partition coefficient (Wildman–Crippen LogP) is 1.76. The molecule has 2 bridgehead atoms. The van der Waals surface area contributed by atoms with Crippen molar-refractivity contribution in [2.24, 2.45) is 23.7 Å². The second-order valence-corrected chi connectivity index (χ2v) is 9.89. The molecule has 0 aromatic rings. The lowest BCUT2D eigenvalue weighted by Crippen LogP contribution is -2.71. The van der Waals surface area contributed by atoms with Gasteiger partial charge in [-0.1, -0.05) is 13.8 Å². The highest BCUT2D eigenvalue weighted by molar-refractivity contribution is 5.74. The number of nitrogens with zero attached hydrogens (tertiary/aromatic N) is 2. The van der Waals surface area contributed by atoms with E-state index in [9.17, 15) is 9.59 Å². The van der Waals surface area contributed by atoms with Crippen LogP contribution in [0.4, 0.5) is 4.79 Å². The SMILES string of the molecule is C[C@@H]1[C@@H](OC(=O)N2CCN(C)CC2)C[C@H]2[C@@H](C)C(=O)O[C@@H]3OC4(C)CC[C@@H]1[C@]32OO4. The van der Waals surface area contributed by atoms with E-state index in [0.29, 0.717) is 25.9 Å². The monoisotopic (exact) mass is 424 g/mol. The van der Waals surface area contributed by atoms with Gasteiger partial charge < -0.3 is 24.0 Å². The van der Waals surface area contributed by atoms with Crippen LogP contribution in [0.25, 0.3) is 0 Å². The molecule has 1 spiro atoms. The average molecular weight is 424 g/mol. The van der Waals surface area contributed by atoms with Crippen LogP contribution < -0.4 is 0 Å². The van der Waals surface area contributed by atoms with Gasteiger partial charge in [-0.2, -0.15) is 0 Å². The molecule has 5 aliphatic heterocycles. The van der Waals surface area contributed by atoms with Gasteiger partial charge in [0.2, 0.25) is 12.1 Å². The molecule has 0 N–H and O–H groups in total. The molecule has 168 valence electrons. The number of fused-ring (bicyclic) bond motifs is 2. The zero-order chi connectivity index (χ0) is 21.3. The van der Waals surface area contributed by atoms with Crippen molar-refractivity contribution >= 4 is 12.1 Å². The number of amides is 1. The first kappa shape index (κ1) is 20.5. The molecule has 9 nitrogen and oxygen atoms in total. The third-order valence-corrected chi connectivity index (χ3v) is 8.08. The first-order chi connectivity index (χ1) is 14.2. The molecule has 5 saturated heterocycles. The maximum Gasteiger partial charge on any atom is 0.410 e. The Morgan fingerprint density at radius 1 is 1.13 bits per heavy atom. The van der Waals surface area contributed by atoms with Gasteiger partial charge in [0.05, 0.1) is 5.92 Å². The number of carbonyl (C=O) groups is 2. The maximum atomic E-state index is 12.9. The minimum Gasteiger partial charge on any atom is -0.446 e. The summed E-state index contributed by atoms with van der Waals surface area (Å²) in [7, 11) is 2.05. The molecule has 6 aliphatic rings. The van der Waals surface area contributed by atoms with Gasteiger partial charge >= 0.3 is 12.1 Å². The number of rotatable bonds is 1. The van der Waals surface area contributed by atoms with Crippen molar-refractivity contribution in [1.82, 2.24) is 9.80 Å². The number of piperazine rings is 1. The molecule has 1 unspecified atom stereocenters. The van der Waals surface area contributed by atoms with Crippen LogP contribution in [0.1, 0.15) is 40.0 Å². The fourth-order valence-corrected chi connectivity index (χ4v) is 6.05. The number of likely N-dealkylation sites (N-methyl/N-ethyl adjacent to an activating group) is 1. The van der Waals surface area contributed by atoms with Crippen LogP contribution in [0.2, 0.25) is 0 Å². The van der Waals surface area contributed by atoms with E-state index in [4.69, 9.17) is 24.0 Å². The summed E-state index contributed by atoms with van der Waals surface area (Å²) < 4.78 is 17.8. The number of carbonyl (C=O) groups excluding carboxylic acids is 2. The fourth-order valence-electron chi connectivity index (χ4n) is 6.05. The summed E-state index contributed by atoms with van der Waals surface area (Å²) in [5, 5.41) is 0. The van der Waals surface area contributed by atoms with Crippen molar-refractivity contribution < 1.29 is 33.6 Å². The van der Waals surface area contributed by atoms with Crippen molar-refractivity contribution in [3.8, 4) is 0 Å². The van der Waals surface area contributed by atoms with E-state index in [2.05, 4.69) is 18.9 Å². The number of esters is 1. The van der Waals surface area contributed by atoms with E-state index in [1.54, 1.807) is 4.90 Å². The lowest BCUT2D eigenvalue weighted by Gasteiger charge is -2.59. The molecule has 0 radical (unpaired) electrons. The summed E-state index contributed by atoms with van der Waals surface area (Å²) in [5.74, 6) is -1.82. The molecule has 1 aliphatic carbocycles. The van der Waals surface area contributed by atoms with Crippen LogP contribution in [0.3, 0.4) is 0 Å². The quantitative estimate of drug-likeness (QED) is 0.465. The van der Waals surface area contributed by atoms with Crippen LogP contribution in [0, 0.1) is 23.7 Å². The Kier molecular flexibility index (Phi) is 4.81. The van der Waals surface area contributed by atoms with Crippen LogP contribution in [0.5, 0.6) is 0 Å². The standard InChI is InChI=1S/C21H32N2O7/c1-12-14-5-6-20(3)28-18-21(14,30-29-20)15(13(2)17(24)27-18)11-16(12)26-19(25)23-9-7-22(4)8-10-23/h12-16,18H,5-11H2,1-4H3/t12-,13+,14-,15-,16-,18+,20?,21+/m0/s1. The molecule has 1 saturated carbocycles. The maximum absolute atomic E-state index is 12.9. The van der Waals surface area contributed by atoms with Gasteiger partial charge in [-0.05, 0) is 32.7 Å². The molecule has 0 aromatic carbocycles. The first-order valence-corrected chi connectivity index (χ1v) is 11.1. The number of hydrogen-bond acceptors (Lipinski definition) is 8. The summed E-state index contributed by atoms with van der Waals surface area (Å²) in [6.45, 7) is 8.78. The lowest BCUT2D eigenvalue weighted by atomic mass is 9.57. The molecule has 8 atom stereocenters. The van der Waals surface area contributed by atoms with Crippen LogP contribution in [0.15, 0.2) is 0 Å². The third kappa shape index (κ3) is 2.97. The van der Waals surface area contributed by atoms with Crippen LogP contribution in [-0.4, -0.2) is 78.9 Å². The largest absolute Gasteiger partial charge is 0.446 e. The Hall–Kier alpha value is -1.42. The molecule has 30 heavy (non-hydrogen) atoms. The topological polar surface area (TPSA) is 86.8 Å². The Morgan fingerprint density at radius 2 is 1.87 bits per heavy atom. The minimum atomic E-state index is -0.940. The van der Waals surface area contributed by atoms with E-state index < -0.39 is 23.6 Å². The Morgan fingerprint density at radius 3 is 2.60 bits per heavy atom. The van der Waals surface area contributed by atoms with Gasteiger partial charge in [0.1, 0.15) is 6.10 Å². The van der Waals surface area contributed by atoms with Gasteiger partial charge in [0, 0.05) is 44.4 Å². The summed E-state index contributed by atoms with van der Waals surface area (Å²) in [4.78, 5) is 41.3. The lowest BCUT2D eigenvalue weighted by molar-refractivity contribution is -0.560. The fraction of sp³-hybridized carbons (Fsp3) is 0.905. The molecule has 1 amide bonds. The zero-order valence-corrected chi connectivity index (χ0v) is 18.2. The van der Waals surface area contributed by atoms with Crippen molar-refractivity contribution in [2.75, 3.05) is 33.2 Å². The van der Waals surface area contributed by atoms with Gasteiger partial charge in [-0.15, -0.1) is 0 Å². The van der Waals surface area contributed by atoms with Gasteiger partial charge in [-0.25, -0.2) is 14.6 Å². The Labute approximate surface area is 176 Å². The van der Waals surface area contributed by atoms with E-state index >= 15 is 0 Å². The van der Waals surface area contributed by atoms with Crippen LogP contribution in [-0.2, 0) is 28.8 Å². The summed E-state index contributed by atoms with van der Waals surface area (Å²) in [6.07, 6.45) is 0.578. The molecular weight excluding hydrogens is 392 g/mol. The molecule has 5 heterocycles. The van der Waals surface area contributed by atoms with E-state index in [0.717, 1.165) is 19.5 Å². The van der Waals surface area contributed by atoms with Gasteiger partial charge in [-0.3, -0.25) is 4.79 Å². The summed E-state index contributed by atoms with van der Waals surface area (Å²) in [5.41, 5.74) is -0.862. The van der Waals surface area contributed by atoms with Crippen molar-refractivity contribution in [3.63, 3.8) is 0 Å². The third-order valence-electron chi connectivity index (χ3n) is 8.08. The van der Waals surface area contributed by atoms with Gasteiger partial charge in [0.15, 0.2) is 5.60 Å². The smallest absolute Gasteiger partial charge is 0.410 e. The van der Waals surface area contributed by atoms with Gasteiger partial charge in [0.25, 0.3) is 0 Å². The second-order valence-electron chi connectivity index (χ2n) is 9.89. The van der Waals surface area contributed by atoms with Crippen molar-refractivity contribution in [2.45, 2.75) is 63.8 Å². The highest BCUT2D eigenvalue weighted by atomic mass is 17.3. The normalized spacial score (nSPS) is 48.5. The number of hydrogen-bond donors (Lipinski definition) is 0. The molecule has 6 rings (SSSR count). The number of ether oxygens (including phenoxy) is 3. The molecule has 9 heteroatoms. The Balaban J connectivity index is 1.41. The predicted molar refractivity (Wildman–Crippen MR) is 103 cm³/mol. The highest BCUT2D eigenvalue weighted by Gasteiger charge is 2.71. The molecular formula is C21H32N2O7. The van der Waals surface area contributed by atoms with Crippen LogP contribution >= 0.6 is 0 Å². The summed E-state index contributed by atoms with van der Waals surface area (Å²) >= 11 is 0. The Bertz CT molecular complexity index is 726. The molecule has 0 aromatic heterocycles. The van der Waals surface area contributed by atoms with E-state index in [1.165, 1.54) is 0 Å². The first-order valence-electron chi connectivity index (χ1n) is 11.1. The van der Waals surface area contributed by atoms with E-state index in [1.807, 2.05) is 13.8 Å². The van der Waals surface area contributed by atoms with E-state index in [-0.39, 0.29) is 35.9 Å². The van der Waals surface area contributed by atoms with Crippen molar-refractivity contribution in [3.05, 3.63) is 0 Å². The molecule has 6 fully saturated rings.